The van der Waals surface area contributed by atoms with Crippen LogP contribution in [0.5, 0.6) is 11.5 Å². The van der Waals surface area contributed by atoms with Crippen molar-refractivity contribution in [3.8, 4) is 11.5 Å². The topological polar surface area (TPSA) is 76.8 Å². The van der Waals surface area contributed by atoms with Crippen molar-refractivity contribution in [3.05, 3.63) is 59.7 Å². The highest BCUT2D eigenvalue weighted by molar-refractivity contribution is 5.76. The number of nitrogens with two attached hydrogens (primary N) is 1. The summed E-state index contributed by atoms with van der Waals surface area (Å²) in [6.07, 6.45) is 0.243. The molecule has 0 aliphatic carbocycles. The van der Waals surface area contributed by atoms with Crippen LogP contribution in [0, 0.1) is 0 Å². The Hall–Kier alpha value is -2.57. The molecule has 6 nitrogen and oxygen atoms in total. The summed E-state index contributed by atoms with van der Waals surface area (Å²) in [5, 5.41) is 2.91. The monoisotopic (exact) mass is 371 g/mol. The lowest BCUT2D eigenvalue weighted by molar-refractivity contribution is -0.121. The number of amides is 1. The van der Waals surface area contributed by atoms with Crippen LogP contribution in [0.15, 0.2) is 48.5 Å². The van der Waals surface area contributed by atoms with Crippen LogP contribution in [-0.2, 0) is 11.3 Å². The average Bonchev–Trinajstić information content (AvgIpc) is 2.67. The van der Waals surface area contributed by atoms with Crippen molar-refractivity contribution >= 4 is 5.91 Å². The van der Waals surface area contributed by atoms with E-state index in [2.05, 4.69) is 10.2 Å². The third kappa shape index (κ3) is 6.92. The predicted molar refractivity (Wildman–Crippen MR) is 107 cm³/mol. The quantitative estimate of drug-likeness (QED) is 0.670. The van der Waals surface area contributed by atoms with Crippen LogP contribution in [0.2, 0.25) is 0 Å². The molecule has 27 heavy (non-hydrogen) atoms. The lowest BCUT2D eigenvalue weighted by Crippen LogP contribution is -2.27. The summed E-state index contributed by atoms with van der Waals surface area (Å²) in [7, 11) is 5.60. The van der Waals surface area contributed by atoms with Crippen molar-refractivity contribution in [2.24, 2.45) is 5.73 Å². The number of ether oxygens (including phenoxy) is 2. The Morgan fingerprint density at radius 3 is 2.56 bits per heavy atom. The Morgan fingerprint density at radius 2 is 1.89 bits per heavy atom. The molecule has 2 aromatic carbocycles. The van der Waals surface area contributed by atoms with E-state index in [-0.39, 0.29) is 18.4 Å². The molecule has 0 aromatic heterocycles. The summed E-state index contributed by atoms with van der Waals surface area (Å²) in [6.45, 7) is 1.81. The molecular weight excluding hydrogens is 342 g/mol. The number of carbonyl (C=O) groups is 1. The molecule has 3 N–H and O–H groups in total. The standard InChI is InChI=1S/C21H29N3O3/c1-24(2)11-12-27-19-10-9-16(13-20(19)26-3)15-23-21(25)14-18(22)17-7-5-4-6-8-17/h4-10,13,18H,11-12,14-15,22H2,1-3H3,(H,23,25). The van der Waals surface area contributed by atoms with Crippen molar-refractivity contribution in [1.82, 2.24) is 10.2 Å². The number of nitrogens with one attached hydrogen (secondary N) is 1. The Balaban J connectivity index is 1.86. The second kappa shape index (κ2) is 10.5. The number of likely N-dealkylation sites (N-methyl/N-ethyl adjacent to an activating group) is 1. The summed E-state index contributed by atoms with van der Waals surface area (Å²) in [4.78, 5) is 14.2. The van der Waals surface area contributed by atoms with Gasteiger partial charge in [0.25, 0.3) is 0 Å². The van der Waals surface area contributed by atoms with E-state index in [0.717, 1.165) is 17.7 Å². The highest BCUT2D eigenvalue weighted by atomic mass is 16.5. The Labute approximate surface area is 161 Å². The zero-order valence-electron chi connectivity index (χ0n) is 16.3. The average molecular weight is 371 g/mol. The third-order valence-electron chi connectivity index (χ3n) is 4.15. The van der Waals surface area contributed by atoms with Crippen molar-refractivity contribution in [2.75, 3.05) is 34.4 Å². The minimum atomic E-state index is -0.312. The fourth-order valence-electron chi connectivity index (χ4n) is 2.57. The van der Waals surface area contributed by atoms with E-state index in [9.17, 15) is 4.79 Å². The SMILES string of the molecule is COc1cc(CNC(=O)CC(N)c2ccccc2)ccc1OCCN(C)C. The van der Waals surface area contributed by atoms with Gasteiger partial charge >= 0.3 is 0 Å². The van der Waals surface area contributed by atoms with E-state index in [1.807, 2.05) is 62.6 Å². The summed E-state index contributed by atoms with van der Waals surface area (Å²) >= 11 is 0. The first-order chi connectivity index (χ1) is 13.0. The molecule has 0 spiro atoms. The second-order valence-electron chi connectivity index (χ2n) is 6.63. The highest BCUT2D eigenvalue weighted by Gasteiger charge is 2.12. The number of methoxy groups -OCH3 is 1. The lowest BCUT2D eigenvalue weighted by atomic mass is 10.0. The summed E-state index contributed by atoms with van der Waals surface area (Å²) in [6, 6.07) is 15.0. The molecule has 0 radical (unpaired) electrons. The van der Waals surface area contributed by atoms with E-state index < -0.39 is 0 Å². The van der Waals surface area contributed by atoms with Gasteiger partial charge in [-0.15, -0.1) is 0 Å². The van der Waals surface area contributed by atoms with Crippen LogP contribution in [0.1, 0.15) is 23.6 Å². The maximum absolute atomic E-state index is 12.2. The maximum Gasteiger partial charge on any atom is 0.222 e. The first-order valence-electron chi connectivity index (χ1n) is 9.01. The molecule has 0 bridgehead atoms. The summed E-state index contributed by atoms with van der Waals surface area (Å²) in [5.74, 6) is 1.26. The highest BCUT2D eigenvalue weighted by Crippen LogP contribution is 2.28. The smallest absolute Gasteiger partial charge is 0.222 e. The van der Waals surface area contributed by atoms with Crippen LogP contribution in [0.25, 0.3) is 0 Å². The molecule has 0 heterocycles. The molecule has 0 saturated heterocycles. The maximum atomic E-state index is 12.2. The van der Waals surface area contributed by atoms with Crippen LogP contribution in [0.3, 0.4) is 0 Å². The minimum absolute atomic E-state index is 0.0865. The molecular formula is C21H29N3O3. The van der Waals surface area contributed by atoms with E-state index >= 15 is 0 Å². The minimum Gasteiger partial charge on any atom is -0.493 e. The summed E-state index contributed by atoms with van der Waals surface area (Å²) in [5.41, 5.74) is 7.99. The van der Waals surface area contributed by atoms with Gasteiger partial charge in [0.1, 0.15) is 6.61 Å². The van der Waals surface area contributed by atoms with Gasteiger partial charge in [-0.05, 0) is 37.4 Å². The van der Waals surface area contributed by atoms with Gasteiger partial charge in [0.15, 0.2) is 11.5 Å². The van der Waals surface area contributed by atoms with Crippen molar-refractivity contribution in [2.45, 2.75) is 19.0 Å². The molecule has 1 amide bonds. The number of rotatable bonds is 10. The van der Waals surface area contributed by atoms with Gasteiger partial charge in [-0.2, -0.15) is 0 Å². The van der Waals surface area contributed by atoms with Gasteiger partial charge in [-0.1, -0.05) is 36.4 Å². The van der Waals surface area contributed by atoms with Gasteiger partial charge in [-0.3, -0.25) is 4.79 Å². The van der Waals surface area contributed by atoms with Crippen molar-refractivity contribution in [3.63, 3.8) is 0 Å². The third-order valence-corrected chi connectivity index (χ3v) is 4.15. The van der Waals surface area contributed by atoms with Gasteiger partial charge < -0.3 is 25.4 Å². The molecule has 1 unspecified atom stereocenters. The molecule has 0 fully saturated rings. The second-order valence-corrected chi connectivity index (χ2v) is 6.63. The number of nitrogens with zero attached hydrogens (tertiary/aromatic N) is 1. The fourth-order valence-corrected chi connectivity index (χ4v) is 2.57. The number of hydrogen-bond donors (Lipinski definition) is 2. The lowest BCUT2D eigenvalue weighted by Gasteiger charge is -2.15. The number of hydrogen-bond acceptors (Lipinski definition) is 5. The fraction of sp³-hybridized carbons (Fsp3) is 0.381. The largest absolute Gasteiger partial charge is 0.493 e. The van der Waals surface area contributed by atoms with Gasteiger partial charge in [0, 0.05) is 25.6 Å². The predicted octanol–water partition coefficient (Wildman–Crippen LogP) is 2.34. The molecule has 6 heteroatoms. The summed E-state index contributed by atoms with van der Waals surface area (Å²) < 4.78 is 11.2. The normalized spacial score (nSPS) is 11.9. The molecule has 2 aromatic rings. The van der Waals surface area contributed by atoms with Crippen LogP contribution in [-0.4, -0.2) is 45.2 Å². The van der Waals surface area contributed by atoms with E-state index in [1.165, 1.54) is 0 Å². The van der Waals surface area contributed by atoms with Gasteiger partial charge in [0.05, 0.1) is 7.11 Å². The van der Waals surface area contributed by atoms with Crippen LogP contribution >= 0.6 is 0 Å². The van der Waals surface area contributed by atoms with E-state index in [4.69, 9.17) is 15.2 Å². The Morgan fingerprint density at radius 1 is 1.15 bits per heavy atom. The first kappa shape index (κ1) is 20.7. The molecule has 2 rings (SSSR count). The molecule has 0 aliphatic rings. The van der Waals surface area contributed by atoms with Gasteiger partial charge in [0.2, 0.25) is 5.91 Å². The molecule has 1 atom stereocenters. The number of carbonyl (C=O) groups excluding carboxylic acids is 1. The van der Waals surface area contributed by atoms with Gasteiger partial charge in [-0.25, -0.2) is 0 Å². The number of benzene rings is 2. The molecule has 0 saturated carbocycles. The Bertz CT molecular complexity index is 720. The van der Waals surface area contributed by atoms with Crippen molar-refractivity contribution < 1.29 is 14.3 Å². The zero-order chi connectivity index (χ0) is 19.6. The van der Waals surface area contributed by atoms with Crippen LogP contribution in [0.4, 0.5) is 0 Å². The molecule has 146 valence electrons. The van der Waals surface area contributed by atoms with Crippen molar-refractivity contribution in [1.29, 1.82) is 0 Å². The first-order valence-corrected chi connectivity index (χ1v) is 9.01. The van der Waals surface area contributed by atoms with E-state index in [1.54, 1.807) is 7.11 Å². The zero-order valence-corrected chi connectivity index (χ0v) is 16.3. The van der Waals surface area contributed by atoms with Crippen LogP contribution < -0.4 is 20.5 Å². The molecule has 0 aliphatic heterocycles. The Kier molecular flexibility index (Phi) is 8.10. The van der Waals surface area contributed by atoms with E-state index in [0.29, 0.717) is 24.7 Å².